The van der Waals surface area contributed by atoms with E-state index in [1.165, 1.54) is 0 Å². The van der Waals surface area contributed by atoms with Gasteiger partial charge in [-0.25, -0.2) is 0 Å². The van der Waals surface area contributed by atoms with Crippen molar-refractivity contribution in [3.8, 4) is 0 Å². The van der Waals surface area contributed by atoms with Gasteiger partial charge in [0, 0.05) is 6.61 Å². The van der Waals surface area contributed by atoms with Gasteiger partial charge in [-0.05, 0) is 29.5 Å². The van der Waals surface area contributed by atoms with E-state index in [0.717, 1.165) is 55.2 Å². The van der Waals surface area contributed by atoms with Crippen LogP contribution in [0.5, 0.6) is 0 Å². The van der Waals surface area contributed by atoms with Crippen LogP contribution in [0, 0.1) is 5.92 Å². The number of unbranched alkanes of at least 4 members (excludes halogenated alkanes) is 4. The standard InChI is InChI=1S/C29H34O3/c1-24(28(30)31)16-8-3-2-4-15-23-32-29(25-17-9-5-10-18-25,26-19-11-6-12-20-26)27-21-13-7-14-22-27/h5-7,9-14,17-22,24H,2-4,8,15-16,23H2,1H3,(H,30,31). The molecule has 0 aromatic heterocycles. The molecule has 3 aromatic rings. The molecule has 1 unspecified atom stereocenters. The maximum absolute atomic E-state index is 10.9. The molecule has 1 atom stereocenters. The largest absolute Gasteiger partial charge is 0.481 e. The molecule has 0 saturated carbocycles. The number of carboxylic acid groups (broad SMARTS) is 1. The number of rotatable bonds is 13. The molecular formula is C29H34O3. The Kier molecular flexibility index (Phi) is 9.06. The van der Waals surface area contributed by atoms with Gasteiger partial charge in [-0.15, -0.1) is 0 Å². The summed E-state index contributed by atoms with van der Waals surface area (Å²) in [5.74, 6) is -0.945. The third-order valence-electron chi connectivity index (χ3n) is 6.06. The molecule has 3 rings (SSSR count). The van der Waals surface area contributed by atoms with Gasteiger partial charge in [-0.2, -0.15) is 0 Å². The molecule has 32 heavy (non-hydrogen) atoms. The molecule has 0 saturated heterocycles. The fraction of sp³-hybridized carbons (Fsp3) is 0.345. The number of carboxylic acids is 1. The molecule has 0 amide bonds. The Balaban J connectivity index is 1.70. The van der Waals surface area contributed by atoms with Crippen molar-refractivity contribution in [3.05, 3.63) is 108 Å². The van der Waals surface area contributed by atoms with Gasteiger partial charge in [0.2, 0.25) is 0 Å². The van der Waals surface area contributed by atoms with Gasteiger partial charge in [0.25, 0.3) is 0 Å². The lowest BCUT2D eigenvalue weighted by Crippen LogP contribution is -2.33. The topological polar surface area (TPSA) is 46.5 Å². The van der Waals surface area contributed by atoms with Gasteiger partial charge in [0.05, 0.1) is 5.92 Å². The van der Waals surface area contributed by atoms with E-state index in [0.29, 0.717) is 6.61 Å². The lowest BCUT2D eigenvalue weighted by atomic mass is 9.80. The molecule has 0 radical (unpaired) electrons. The molecule has 0 aliphatic carbocycles. The summed E-state index contributed by atoms with van der Waals surface area (Å²) in [6.45, 7) is 2.44. The Hall–Kier alpha value is -2.91. The SMILES string of the molecule is CC(CCCCCCCOC(c1ccccc1)(c1ccccc1)c1ccccc1)C(=O)O. The minimum atomic E-state index is -0.697. The van der Waals surface area contributed by atoms with Crippen LogP contribution in [0.15, 0.2) is 91.0 Å². The molecule has 3 aromatic carbocycles. The third-order valence-corrected chi connectivity index (χ3v) is 6.06. The van der Waals surface area contributed by atoms with E-state index in [-0.39, 0.29) is 5.92 Å². The molecule has 1 N–H and O–H groups in total. The number of benzene rings is 3. The van der Waals surface area contributed by atoms with E-state index < -0.39 is 11.6 Å². The summed E-state index contributed by atoms with van der Waals surface area (Å²) >= 11 is 0. The first-order chi connectivity index (χ1) is 15.6. The normalized spacial score (nSPS) is 12.4. The predicted octanol–water partition coefficient (Wildman–Crippen LogP) is 7.06. The van der Waals surface area contributed by atoms with Crippen LogP contribution in [0.2, 0.25) is 0 Å². The Morgan fingerprint density at radius 1 is 0.719 bits per heavy atom. The molecule has 0 aliphatic heterocycles. The molecule has 0 spiro atoms. The van der Waals surface area contributed by atoms with E-state index in [1.54, 1.807) is 6.92 Å². The molecular weight excluding hydrogens is 396 g/mol. The molecule has 0 bridgehead atoms. The fourth-order valence-corrected chi connectivity index (χ4v) is 4.20. The number of hydrogen-bond acceptors (Lipinski definition) is 2. The smallest absolute Gasteiger partial charge is 0.306 e. The van der Waals surface area contributed by atoms with Crippen molar-refractivity contribution in [2.75, 3.05) is 6.61 Å². The minimum Gasteiger partial charge on any atom is -0.481 e. The summed E-state index contributed by atoms with van der Waals surface area (Å²) in [5, 5.41) is 9.00. The minimum absolute atomic E-state index is 0.249. The summed E-state index contributed by atoms with van der Waals surface area (Å²) in [5.41, 5.74) is 2.72. The highest BCUT2D eigenvalue weighted by Crippen LogP contribution is 2.40. The van der Waals surface area contributed by atoms with Crippen LogP contribution in [0.4, 0.5) is 0 Å². The van der Waals surface area contributed by atoms with E-state index in [9.17, 15) is 4.79 Å². The zero-order valence-corrected chi connectivity index (χ0v) is 19.0. The van der Waals surface area contributed by atoms with Crippen molar-refractivity contribution in [1.29, 1.82) is 0 Å². The first-order valence-corrected chi connectivity index (χ1v) is 11.7. The highest BCUT2D eigenvalue weighted by atomic mass is 16.5. The predicted molar refractivity (Wildman–Crippen MR) is 130 cm³/mol. The van der Waals surface area contributed by atoms with Crippen LogP contribution >= 0.6 is 0 Å². The lowest BCUT2D eigenvalue weighted by molar-refractivity contribution is -0.141. The second-order valence-electron chi connectivity index (χ2n) is 8.42. The van der Waals surface area contributed by atoms with Gasteiger partial charge in [-0.1, -0.05) is 124 Å². The molecule has 168 valence electrons. The number of ether oxygens (including phenoxy) is 1. The van der Waals surface area contributed by atoms with Crippen molar-refractivity contribution in [2.45, 2.75) is 51.0 Å². The van der Waals surface area contributed by atoms with Gasteiger partial charge in [0.15, 0.2) is 0 Å². The third kappa shape index (κ3) is 6.08. The maximum atomic E-state index is 10.9. The summed E-state index contributed by atoms with van der Waals surface area (Å²) < 4.78 is 6.79. The van der Waals surface area contributed by atoms with Crippen LogP contribution in [0.3, 0.4) is 0 Å². The first-order valence-electron chi connectivity index (χ1n) is 11.7. The van der Waals surface area contributed by atoms with Crippen molar-refractivity contribution in [1.82, 2.24) is 0 Å². The fourth-order valence-electron chi connectivity index (χ4n) is 4.20. The van der Waals surface area contributed by atoms with Crippen LogP contribution < -0.4 is 0 Å². The van der Waals surface area contributed by atoms with E-state index in [2.05, 4.69) is 72.8 Å². The van der Waals surface area contributed by atoms with Crippen LogP contribution in [-0.4, -0.2) is 17.7 Å². The van der Waals surface area contributed by atoms with Crippen molar-refractivity contribution in [3.63, 3.8) is 0 Å². The zero-order valence-electron chi connectivity index (χ0n) is 19.0. The second-order valence-corrected chi connectivity index (χ2v) is 8.42. The van der Waals surface area contributed by atoms with Gasteiger partial charge >= 0.3 is 5.97 Å². The Labute approximate surface area is 192 Å². The monoisotopic (exact) mass is 430 g/mol. The Morgan fingerprint density at radius 2 is 1.12 bits per heavy atom. The van der Waals surface area contributed by atoms with Gasteiger partial charge in [0.1, 0.15) is 5.60 Å². The molecule has 0 heterocycles. The second kappa shape index (κ2) is 12.2. The molecule has 0 aliphatic rings. The number of carbonyl (C=O) groups is 1. The summed E-state index contributed by atoms with van der Waals surface area (Å²) in [4.78, 5) is 10.9. The number of aliphatic carboxylic acids is 1. The summed E-state index contributed by atoms with van der Waals surface area (Å²) in [6.07, 6.45) is 5.95. The van der Waals surface area contributed by atoms with Gasteiger partial charge in [-0.3, -0.25) is 4.79 Å². The van der Waals surface area contributed by atoms with Crippen molar-refractivity contribution < 1.29 is 14.6 Å². The first kappa shape index (κ1) is 23.7. The average Bonchev–Trinajstić information content (AvgIpc) is 2.84. The number of hydrogen-bond donors (Lipinski definition) is 1. The highest BCUT2D eigenvalue weighted by molar-refractivity contribution is 5.69. The van der Waals surface area contributed by atoms with Crippen LogP contribution in [0.25, 0.3) is 0 Å². The lowest BCUT2D eigenvalue weighted by Gasteiger charge is -2.36. The summed E-state index contributed by atoms with van der Waals surface area (Å²) in [6, 6.07) is 31.4. The van der Waals surface area contributed by atoms with E-state index >= 15 is 0 Å². The summed E-state index contributed by atoms with van der Waals surface area (Å²) in [7, 11) is 0. The average molecular weight is 431 g/mol. The molecule has 3 heteroatoms. The van der Waals surface area contributed by atoms with Crippen LogP contribution in [-0.2, 0) is 15.1 Å². The Morgan fingerprint density at radius 3 is 1.56 bits per heavy atom. The quantitative estimate of drug-likeness (QED) is 0.233. The van der Waals surface area contributed by atoms with E-state index in [1.807, 2.05) is 18.2 Å². The zero-order chi connectivity index (χ0) is 22.7. The van der Waals surface area contributed by atoms with E-state index in [4.69, 9.17) is 9.84 Å². The Bertz CT molecular complexity index is 826. The molecule has 0 fully saturated rings. The highest BCUT2D eigenvalue weighted by Gasteiger charge is 2.37. The molecule has 3 nitrogen and oxygen atoms in total. The van der Waals surface area contributed by atoms with Gasteiger partial charge < -0.3 is 9.84 Å². The van der Waals surface area contributed by atoms with Crippen molar-refractivity contribution >= 4 is 5.97 Å². The van der Waals surface area contributed by atoms with Crippen molar-refractivity contribution in [2.24, 2.45) is 5.92 Å². The maximum Gasteiger partial charge on any atom is 0.306 e. The van der Waals surface area contributed by atoms with Crippen LogP contribution in [0.1, 0.15) is 62.1 Å².